The topological polar surface area (TPSA) is 64.7 Å². The zero-order chi connectivity index (χ0) is 10.8. The first-order chi connectivity index (χ1) is 7.16. The molecule has 0 aliphatic rings. The van der Waals surface area contributed by atoms with Crippen LogP contribution in [0.2, 0.25) is 0 Å². The molecule has 4 nitrogen and oxygen atoms in total. The maximum Gasteiger partial charge on any atom is 0.173 e. The van der Waals surface area contributed by atoms with Crippen molar-refractivity contribution in [1.29, 1.82) is 0 Å². The fourth-order valence-electron chi connectivity index (χ4n) is 1.22. The highest BCUT2D eigenvalue weighted by atomic mass is 32.1. The van der Waals surface area contributed by atoms with Crippen molar-refractivity contribution in [3.8, 4) is 11.4 Å². The normalized spacial score (nSPS) is 12.7. The number of nitrogens with zero attached hydrogens (tertiary/aromatic N) is 3. The second-order valence-electron chi connectivity index (χ2n) is 3.43. The summed E-state index contributed by atoms with van der Waals surface area (Å²) in [5, 5.41) is 0.861. The van der Waals surface area contributed by atoms with Crippen LogP contribution in [-0.4, -0.2) is 14.3 Å². The van der Waals surface area contributed by atoms with Crippen LogP contribution in [0.15, 0.2) is 18.3 Å². The number of nitrogens with two attached hydrogens (primary N) is 1. The van der Waals surface area contributed by atoms with E-state index in [2.05, 4.69) is 14.3 Å². The Morgan fingerprint density at radius 2 is 2.27 bits per heavy atom. The monoisotopic (exact) mass is 220 g/mol. The summed E-state index contributed by atoms with van der Waals surface area (Å²) in [7, 11) is 0. The average Bonchev–Trinajstić information content (AvgIpc) is 2.66. The third-order valence-electron chi connectivity index (χ3n) is 1.99. The summed E-state index contributed by atoms with van der Waals surface area (Å²) in [4.78, 5) is 8.51. The lowest BCUT2D eigenvalue weighted by Crippen LogP contribution is -2.03. The number of hydrogen-bond acceptors (Lipinski definition) is 5. The largest absolute Gasteiger partial charge is 0.322 e. The second kappa shape index (κ2) is 4.04. The van der Waals surface area contributed by atoms with Crippen LogP contribution < -0.4 is 5.73 Å². The molecule has 15 heavy (non-hydrogen) atoms. The Bertz CT molecular complexity index is 464. The van der Waals surface area contributed by atoms with Crippen molar-refractivity contribution in [2.45, 2.75) is 19.9 Å². The zero-order valence-corrected chi connectivity index (χ0v) is 9.45. The van der Waals surface area contributed by atoms with E-state index in [1.807, 2.05) is 26.0 Å². The number of hydrogen-bond donors (Lipinski definition) is 1. The van der Waals surface area contributed by atoms with Crippen molar-refractivity contribution in [2.24, 2.45) is 5.73 Å². The lowest BCUT2D eigenvalue weighted by Gasteiger charge is -1.97. The van der Waals surface area contributed by atoms with Gasteiger partial charge in [0.2, 0.25) is 0 Å². The first kappa shape index (κ1) is 10.2. The molecule has 0 spiro atoms. The summed E-state index contributed by atoms with van der Waals surface area (Å²) < 4.78 is 4.27. The highest BCUT2D eigenvalue weighted by Gasteiger charge is 2.09. The van der Waals surface area contributed by atoms with E-state index in [0.29, 0.717) is 0 Å². The number of aryl methyl sites for hydroxylation is 1. The first-order valence-electron chi connectivity index (χ1n) is 4.69. The zero-order valence-electron chi connectivity index (χ0n) is 8.64. The van der Waals surface area contributed by atoms with Gasteiger partial charge < -0.3 is 5.73 Å². The summed E-state index contributed by atoms with van der Waals surface area (Å²) in [6.07, 6.45) is 1.76. The minimum absolute atomic E-state index is 0.0563. The Morgan fingerprint density at radius 1 is 1.47 bits per heavy atom. The molecule has 0 bridgehead atoms. The Hall–Kier alpha value is -1.33. The van der Waals surface area contributed by atoms with E-state index in [0.717, 1.165) is 22.1 Å². The molecular formula is C10H12N4S. The quantitative estimate of drug-likeness (QED) is 0.839. The van der Waals surface area contributed by atoms with Gasteiger partial charge in [-0.1, -0.05) is 0 Å². The molecule has 2 heterocycles. The molecule has 5 heteroatoms. The summed E-state index contributed by atoms with van der Waals surface area (Å²) in [6.45, 7) is 3.85. The Balaban J connectivity index is 2.37. The van der Waals surface area contributed by atoms with Crippen LogP contribution in [0.4, 0.5) is 0 Å². The van der Waals surface area contributed by atoms with Crippen LogP contribution in [0.3, 0.4) is 0 Å². The van der Waals surface area contributed by atoms with Gasteiger partial charge in [0.15, 0.2) is 5.82 Å². The third-order valence-corrected chi connectivity index (χ3v) is 2.90. The van der Waals surface area contributed by atoms with Crippen LogP contribution in [0.5, 0.6) is 0 Å². The fourth-order valence-corrected chi connectivity index (χ4v) is 1.84. The van der Waals surface area contributed by atoms with Crippen LogP contribution in [0.25, 0.3) is 11.4 Å². The van der Waals surface area contributed by atoms with E-state index in [-0.39, 0.29) is 6.04 Å². The van der Waals surface area contributed by atoms with E-state index in [1.165, 1.54) is 11.5 Å². The van der Waals surface area contributed by atoms with E-state index in [4.69, 9.17) is 5.73 Å². The maximum atomic E-state index is 5.73. The predicted octanol–water partition coefficient (Wildman–Crippen LogP) is 1.93. The van der Waals surface area contributed by atoms with Crippen molar-refractivity contribution in [1.82, 2.24) is 14.3 Å². The average molecular weight is 220 g/mol. The van der Waals surface area contributed by atoms with Crippen LogP contribution in [0, 0.1) is 6.92 Å². The van der Waals surface area contributed by atoms with Gasteiger partial charge in [0.1, 0.15) is 5.01 Å². The molecule has 0 amide bonds. The highest BCUT2D eigenvalue weighted by molar-refractivity contribution is 7.05. The lowest BCUT2D eigenvalue weighted by molar-refractivity contribution is 0.807. The highest BCUT2D eigenvalue weighted by Crippen LogP contribution is 2.20. The smallest absolute Gasteiger partial charge is 0.173 e. The Labute approximate surface area is 92.4 Å². The SMILES string of the molecule is Cc1cc(-c2nsc(C(C)N)n2)ccn1. The van der Waals surface area contributed by atoms with Crippen LogP contribution in [-0.2, 0) is 0 Å². The molecule has 1 unspecified atom stereocenters. The molecule has 0 aromatic carbocycles. The van der Waals surface area contributed by atoms with Crippen molar-refractivity contribution < 1.29 is 0 Å². The molecule has 0 radical (unpaired) electrons. The first-order valence-corrected chi connectivity index (χ1v) is 5.46. The van der Waals surface area contributed by atoms with Gasteiger partial charge in [0.25, 0.3) is 0 Å². The van der Waals surface area contributed by atoms with Gasteiger partial charge in [0, 0.05) is 17.5 Å². The Kier molecular flexibility index (Phi) is 2.75. The Morgan fingerprint density at radius 3 is 2.87 bits per heavy atom. The molecule has 0 aliphatic carbocycles. The van der Waals surface area contributed by atoms with Crippen molar-refractivity contribution in [3.63, 3.8) is 0 Å². The molecular weight excluding hydrogens is 208 g/mol. The van der Waals surface area contributed by atoms with Gasteiger partial charge in [-0.3, -0.25) is 4.98 Å². The molecule has 2 rings (SSSR count). The molecule has 2 aromatic rings. The molecule has 0 saturated carbocycles. The third kappa shape index (κ3) is 2.19. The van der Waals surface area contributed by atoms with E-state index in [9.17, 15) is 0 Å². The lowest BCUT2D eigenvalue weighted by atomic mass is 10.2. The summed E-state index contributed by atoms with van der Waals surface area (Å²) in [5.74, 6) is 0.734. The summed E-state index contributed by atoms with van der Waals surface area (Å²) in [5.41, 5.74) is 7.68. The molecule has 0 saturated heterocycles. The number of rotatable bonds is 2. The molecule has 2 aromatic heterocycles. The summed E-state index contributed by atoms with van der Waals surface area (Å²) in [6, 6.07) is 3.81. The summed E-state index contributed by atoms with van der Waals surface area (Å²) >= 11 is 1.35. The van der Waals surface area contributed by atoms with Gasteiger partial charge in [-0.2, -0.15) is 4.37 Å². The van der Waals surface area contributed by atoms with Crippen molar-refractivity contribution >= 4 is 11.5 Å². The maximum absolute atomic E-state index is 5.73. The standard InChI is InChI=1S/C10H12N4S/c1-6-5-8(3-4-12-6)9-13-10(7(2)11)15-14-9/h3-5,7H,11H2,1-2H3. The van der Waals surface area contributed by atoms with Crippen molar-refractivity contribution in [2.75, 3.05) is 0 Å². The van der Waals surface area contributed by atoms with Gasteiger partial charge in [-0.05, 0) is 37.5 Å². The van der Waals surface area contributed by atoms with Gasteiger partial charge >= 0.3 is 0 Å². The van der Waals surface area contributed by atoms with Crippen LogP contribution in [0.1, 0.15) is 23.7 Å². The van der Waals surface area contributed by atoms with Crippen molar-refractivity contribution in [3.05, 3.63) is 29.0 Å². The van der Waals surface area contributed by atoms with Gasteiger partial charge in [-0.15, -0.1) is 0 Å². The van der Waals surface area contributed by atoms with Gasteiger partial charge in [0.05, 0.1) is 6.04 Å². The van der Waals surface area contributed by atoms with Gasteiger partial charge in [-0.25, -0.2) is 4.98 Å². The number of pyridine rings is 1. The molecule has 2 N–H and O–H groups in total. The molecule has 78 valence electrons. The van der Waals surface area contributed by atoms with E-state index in [1.54, 1.807) is 6.20 Å². The molecule has 1 atom stereocenters. The molecule has 0 aliphatic heterocycles. The fraction of sp³-hybridized carbons (Fsp3) is 0.300. The predicted molar refractivity (Wildman–Crippen MR) is 60.5 cm³/mol. The van der Waals surface area contributed by atoms with Crippen LogP contribution >= 0.6 is 11.5 Å². The minimum Gasteiger partial charge on any atom is -0.322 e. The number of aromatic nitrogens is 3. The second-order valence-corrected chi connectivity index (χ2v) is 4.21. The van der Waals surface area contributed by atoms with E-state index < -0.39 is 0 Å². The minimum atomic E-state index is -0.0563. The van der Waals surface area contributed by atoms with E-state index >= 15 is 0 Å². The molecule has 0 fully saturated rings.